The third-order valence-corrected chi connectivity index (χ3v) is 6.15. The highest BCUT2D eigenvalue weighted by molar-refractivity contribution is 7.09. The van der Waals surface area contributed by atoms with Crippen LogP contribution < -0.4 is 4.74 Å². The Hall–Kier alpha value is -2.81. The quantitative estimate of drug-likeness (QED) is 0.515. The fraction of sp³-hybridized carbons (Fsp3) is 0.333. The monoisotopic (exact) mass is 455 g/mol. The molecule has 6 nitrogen and oxygen atoms in total. The molecule has 2 aromatic carbocycles. The van der Waals surface area contributed by atoms with Gasteiger partial charge in [-0.25, -0.2) is 9.37 Å². The molecule has 1 aliphatic heterocycles. The summed E-state index contributed by atoms with van der Waals surface area (Å²) in [4.78, 5) is 21.4. The Morgan fingerprint density at radius 1 is 1.06 bits per heavy atom. The summed E-state index contributed by atoms with van der Waals surface area (Å²) in [7, 11) is 1.65. The normalized spacial score (nSPS) is 14.0. The van der Waals surface area contributed by atoms with Gasteiger partial charge in [0.15, 0.2) is 0 Å². The number of halogens is 1. The van der Waals surface area contributed by atoms with Gasteiger partial charge >= 0.3 is 0 Å². The standard InChI is InChI=1S/C24H26FN3O3S/c1-30-21-8-4-19(5-9-21)15-27(14-18-2-6-20(25)7-3-18)16-23-26-22(17-32-23)24(29)28-10-12-31-13-11-28/h2-9,17H,10-16H2,1H3. The fourth-order valence-electron chi connectivity index (χ4n) is 3.61. The lowest BCUT2D eigenvalue weighted by Crippen LogP contribution is -2.40. The predicted octanol–water partition coefficient (Wildman–Crippen LogP) is 3.97. The zero-order chi connectivity index (χ0) is 22.3. The van der Waals surface area contributed by atoms with Crippen LogP contribution in [-0.4, -0.2) is 54.1 Å². The number of carbonyl (C=O) groups is 1. The van der Waals surface area contributed by atoms with Crippen molar-refractivity contribution >= 4 is 17.2 Å². The lowest BCUT2D eigenvalue weighted by atomic mass is 10.1. The number of amides is 1. The van der Waals surface area contributed by atoms with Gasteiger partial charge in [-0.1, -0.05) is 24.3 Å². The van der Waals surface area contributed by atoms with Gasteiger partial charge in [0.1, 0.15) is 22.3 Å². The number of hydrogen-bond acceptors (Lipinski definition) is 6. The second-order valence-corrected chi connectivity index (χ2v) is 8.59. The van der Waals surface area contributed by atoms with Crippen molar-refractivity contribution in [2.45, 2.75) is 19.6 Å². The molecule has 0 aliphatic carbocycles. The Kier molecular flexibility index (Phi) is 7.47. The van der Waals surface area contributed by atoms with Gasteiger partial charge in [-0.15, -0.1) is 11.3 Å². The van der Waals surface area contributed by atoms with Crippen molar-refractivity contribution in [2.24, 2.45) is 0 Å². The van der Waals surface area contributed by atoms with Crippen LogP contribution in [0.4, 0.5) is 4.39 Å². The highest BCUT2D eigenvalue weighted by atomic mass is 32.1. The summed E-state index contributed by atoms with van der Waals surface area (Å²) in [5, 5.41) is 2.70. The van der Waals surface area contributed by atoms with E-state index in [1.54, 1.807) is 24.1 Å². The number of carbonyl (C=O) groups excluding carboxylic acids is 1. The lowest BCUT2D eigenvalue weighted by molar-refractivity contribution is 0.0299. The minimum Gasteiger partial charge on any atom is -0.497 e. The number of morpholine rings is 1. The first-order valence-electron chi connectivity index (χ1n) is 10.5. The summed E-state index contributed by atoms with van der Waals surface area (Å²) in [5.41, 5.74) is 2.63. The molecule has 0 atom stereocenters. The third-order valence-electron chi connectivity index (χ3n) is 5.31. The molecule has 4 rings (SSSR count). The van der Waals surface area contributed by atoms with Gasteiger partial charge in [-0.2, -0.15) is 0 Å². The first kappa shape index (κ1) is 22.4. The average molecular weight is 456 g/mol. The Balaban J connectivity index is 1.48. The van der Waals surface area contributed by atoms with Crippen molar-refractivity contribution in [2.75, 3.05) is 33.4 Å². The first-order chi connectivity index (χ1) is 15.6. The topological polar surface area (TPSA) is 54.9 Å². The predicted molar refractivity (Wildman–Crippen MR) is 121 cm³/mol. The zero-order valence-electron chi connectivity index (χ0n) is 18.0. The Labute approximate surface area is 191 Å². The summed E-state index contributed by atoms with van der Waals surface area (Å²) in [6.07, 6.45) is 0. The van der Waals surface area contributed by atoms with Gasteiger partial charge in [0.2, 0.25) is 0 Å². The second kappa shape index (κ2) is 10.7. The fourth-order valence-corrected chi connectivity index (χ4v) is 4.42. The minimum atomic E-state index is -0.248. The maximum atomic E-state index is 13.3. The summed E-state index contributed by atoms with van der Waals surface area (Å²) in [6.45, 7) is 4.24. The second-order valence-electron chi connectivity index (χ2n) is 7.65. The number of aromatic nitrogens is 1. The largest absolute Gasteiger partial charge is 0.497 e. The van der Waals surface area contributed by atoms with Crippen molar-refractivity contribution < 1.29 is 18.7 Å². The van der Waals surface area contributed by atoms with E-state index in [1.165, 1.54) is 23.5 Å². The molecule has 0 saturated carbocycles. The van der Waals surface area contributed by atoms with Crippen molar-refractivity contribution in [3.63, 3.8) is 0 Å². The van der Waals surface area contributed by atoms with Gasteiger partial charge in [-0.05, 0) is 35.4 Å². The molecule has 8 heteroatoms. The van der Waals surface area contributed by atoms with Crippen LogP contribution in [0.25, 0.3) is 0 Å². The zero-order valence-corrected chi connectivity index (χ0v) is 18.8. The Morgan fingerprint density at radius 3 is 2.31 bits per heavy atom. The van der Waals surface area contributed by atoms with Crippen LogP contribution in [0.2, 0.25) is 0 Å². The first-order valence-corrected chi connectivity index (χ1v) is 11.4. The molecule has 0 bridgehead atoms. The molecule has 0 radical (unpaired) electrons. The summed E-state index contributed by atoms with van der Waals surface area (Å²) >= 11 is 1.49. The molecule has 3 aromatic rings. The lowest BCUT2D eigenvalue weighted by Gasteiger charge is -2.26. The van der Waals surface area contributed by atoms with E-state index in [1.807, 2.05) is 29.6 Å². The molecular formula is C24H26FN3O3S. The van der Waals surface area contributed by atoms with Crippen molar-refractivity contribution in [1.82, 2.24) is 14.8 Å². The van der Waals surface area contributed by atoms with E-state index in [0.29, 0.717) is 51.6 Å². The van der Waals surface area contributed by atoms with Gasteiger partial charge in [0.05, 0.1) is 26.9 Å². The number of nitrogens with zero attached hydrogens (tertiary/aromatic N) is 3. The van der Waals surface area contributed by atoms with Crippen molar-refractivity contribution in [3.8, 4) is 5.75 Å². The Bertz CT molecular complexity index is 1020. The molecule has 168 valence electrons. The van der Waals surface area contributed by atoms with E-state index >= 15 is 0 Å². The van der Waals surface area contributed by atoms with Gasteiger partial charge < -0.3 is 14.4 Å². The summed E-state index contributed by atoms with van der Waals surface area (Å²) < 4.78 is 23.9. The Morgan fingerprint density at radius 2 is 1.69 bits per heavy atom. The van der Waals surface area contributed by atoms with E-state index < -0.39 is 0 Å². The number of methoxy groups -OCH3 is 1. The van der Waals surface area contributed by atoms with Crippen LogP contribution in [0.1, 0.15) is 26.6 Å². The molecule has 1 aromatic heterocycles. The third kappa shape index (κ3) is 5.91. The van der Waals surface area contributed by atoms with Crippen LogP contribution in [0.3, 0.4) is 0 Å². The van der Waals surface area contributed by atoms with E-state index in [-0.39, 0.29) is 11.7 Å². The van der Waals surface area contributed by atoms with E-state index in [9.17, 15) is 9.18 Å². The van der Waals surface area contributed by atoms with Gasteiger partial charge in [0.25, 0.3) is 5.91 Å². The average Bonchev–Trinajstić information content (AvgIpc) is 3.29. The van der Waals surface area contributed by atoms with E-state index in [4.69, 9.17) is 9.47 Å². The van der Waals surface area contributed by atoms with Crippen LogP contribution in [0, 0.1) is 5.82 Å². The van der Waals surface area contributed by atoms with Gasteiger partial charge in [0, 0.05) is 31.6 Å². The molecule has 32 heavy (non-hydrogen) atoms. The molecule has 1 saturated heterocycles. The number of thiazole rings is 1. The molecule has 1 aliphatic rings. The number of ether oxygens (including phenoxy) is 2. The number of hydrogen-bond donors (Lipinski definition) is 0. The van der Waals surface area contributed by atoms with Gasteiger partial charge in [-0.3, -0.25) is 9.69 Å². The highest BCUT2D eigenvalue weighted by Gasteiger charge is 2.21. The summed E-state index contributed by atoms with van der Waals surface area (Å²) in [6, 6.07) is 14.5. The van der Waals surface area contributed by atoms with Crippen molar-refractivity contribution in [1.29, 1.82) is 0 Å². The SMILES string of the molecule is COc1ccc(CN(Cc2ccc(F)cc2)Cc2nc(C(=O)N3CCOCC3)cs2)cc1. The van der Waals surface area contributed by atoms with Crippen molar-refractivity contribution in [3.05, 3.63) is 81.6 Å². The molecule has 1 amide bonds. The maximum absolute atomic E-state index is 13.3. The van der Waals surface area contributed by atoms with E-state index in [2.05, 4.69) is 9.88 Å². The van der Waals surface area contributed by atoms with Crippen LogP contribution in [0.15, 0.2) is 53.9 Å². The molecule has 0 spiro atoms. The maximum Gasteiger partial charge on any atom is 0.273 e. The molecule has 2 heterocycles. The molecule has 1 fully saturated rings. The number of benzene rings is 2. The van der Waals surface area contributed by atoms with Crippen LogP contribution in [-0.2, 0) is 24.4 Å². The highest BCUT2D eigenvalue weighted by Crippen LogP contribution is 2.20. The molecule has 0 unspecified atom stereocenters. The summed E-state index contributed by atoms with van der Waals surface area (Å²) in [5.74, 6) is 0.516. The van der Waals surface area contributed by atoms with E-state index in [0.717, 1.165) is 21.9 Å². The van der Waals surface area contributed by atoms with Crippen LogP contribution in [0.5, 0.6) is 5.75 Å². The van der Waals surface area contributed by atoms with Crippen LogP contribution >= 0.6 is 11.3 Å². The minimum absolute atomic E-state index is 0.0453. The number of rotatable bonds is 8. The molecule has 0 N–H and O–H groups in total. The molecular weight excluding hydrogens is 429 g/mol. The smallest absolute Gasteiger partial charge is 0.273 e.